The van der Waals surface area contributed by atoms with Crippen molar-refractivity contribution in [2.45, 2.75) is 72.0 Å². The van der Waals surface area contributed by atoms with E-state index in [1.807, 2.05) is 27.7 Å². The average Bonchev–Trinajstić information content (AvgIpc) is 2.61. The Morgan fingerprint density at radius 2 is 1.89 bits per heavy atom. The first-order valence-corrected chi connectivity index (χ1v) is 10.3. The van der Waals surface area contributed by atoms with E-state index in [1.165, 1.54) is 0 Å². The third-order valence-electron chi connectivity index (χ3n) is 4.61. The summed E-state index contributed by atoms with van der Waals surface area (Å²) in [4.78, 5) is 12.9. The Hall–Kier alpha value is -1.30. The molecule has 5 nitrogen and oxygen atoms in total. The van der Waals surface area contributed by atoms with Gasteiger partial charge in [-0.1, -0.05) is 32.4 Å². The molecule has 0 bridgehead atoms. The molecule has 0 saturated carbocycles. The summed E-state index contributed by atoms with van der Waals surface area (Å²) in [5.74, 6) is 0.753. The quantitative estimate of drug-likeness (QED) is 0.477. The van der Waals surface area contributed by atoms with Gasteiger partial charge < -0.3 is 19.5 Å². The van der Waals surface area contributed by atoms with E-state index in [2.05, 4.69) is 19.2 Å². The van der Waals surface area contributed by atoms with E-state index in [9.17, 15) is 4.79 Å². The standard InChI is InChI=1S/C22H36ClNO4/c1-8-12-28-22(6,15-16(2)3)20(25)24-17-9-10-19(18(23)14-17)27-13-11-21(4,5)26-7/h9-10,14,16H,8,11-13,15H2,1-7H3,(H,24,25)/t22-/m1/s1. The number of benzene rings is 1. The lowest BCUT2D eigenvalue weighted by molar-refractivity contribution is -0.141. The Labute approximate surface area is 175 Å². The van der Waals surface area contributed by atoms with Gasteiger partial charge in [-0.3, -0.25) is 4.79 Å². The summed E-state index contributed by atoms with van der Waals surface area (Å²) in [6.45, 7) is 13.1. The Morgan fingerprint density at radius 1 is 1.21 bits per heavy atom. The molecule has 0 radical (unpaired) electrons. The molecule has 1 aromatic carbocycles. The fourth-order valence-electron chi connectivity index (χ4n) is 2.79. The van der Waals surface area contributed by atoms with Gasteiger partial charge in [0.1, 0.15) is 11.4 Å². The molecule has 28 heavy (non-hydrogen) atoms. The van der Waals surface area contributed by atoms with E-state index in [-0.39, 0.29) is 11.5 Å². The lowest BCUT2D eigenvalue weighted by Gasteiger charge is -2.30. The first-order chi connectivity index (χ1) is 13.0. The molecular weight excluding hydrogens is 378 g/mol. The highest BCUT2D eigenvalue weighted by Crippen LogP contribution is 2.30. The second kappa shape index (κ2) is 11.0. The van der Waals surface area contributed by atoms with Gasteiger partial charge in [-0.15, -0.1) is 0 Å². The van der Waals surface area contributed by atoms with Crippen LogP contribution in [0, 0.1) is 5.92 Å². The van der Waals surface area contributed by atoms with E-state index >= 15 is 0 Å². The summed E-state index contributed by atoms with van der Waals surface area (Å²) < 4.78 is 17.0. The van der Waals surface area contributed by atoms with Crippen molar-refractivity contribution in [3.05, 3.63) is 23.2 Å². The van der Waals surface area contributed by atoms with Gasteiger partial charge in [0.05, 0.1) is 17.2 Å². The van der Waals surface area contributed by atoms with Crippen LogP contribution in [-0.2, 0) is 14.3 Å². The number of hydrogen-bond donors (Lipinski definition) is 1. The first-order valence-electron chi connectivity index (χ1n) is 9.96. The topological polar surface area (TPSA) is 56.8 Å². The lowest BCUT2D eigenvalue weighted by atomic mass is 9.93. The molecule has 0 aliphatic rings. The largest absolute Gasteiger partial charge is 0.492 e. The van der Waals surface area contributed by atoms with Gasteiger partial charge in [-0.05, 0) is 57.7 Å². The molecule has 0 spiro atoms. The van der Waals surface area contributed by atoms with E-state index in [0.29, 0.717) is 42.0 Å². The van der Waals surface area contributed by atoms with Crippen LogP contribution < -0.4 is 10.1 Å². The maximum Gasteiger partial charge on any atom is 0.256 e. The monoisotopic (exact) mass is 413 g/mol. The van der Waals surface area contributed by atoms with Gasteiger partial charge in [0.15, 0.2) is 0 Å². The summed E-state index contributed by atoms with van der Waals surface area (Å²) in [7, 11) is 1.68. The van der Waals surface area contributed by atoms with Gasteiger partial charge in [0, 0.05) is 25.8 Å². The van der Waals surface area contributed by atoms with E-state index in [1.54, 1.807) is 25.3 Å². The Kier molecular flexibility index (Phi) is 9.75. The van der Waals surface area contributed by atoms with Gasteiger partial charge >= 0.3 is 0 Å². The molecule has 1 rings (SSSR count). The second-order valence-electron chi connectivity index (χ2n) is 8.34. The SMILES string of the molecule is CCCO[C@](C)(CC(C)C)C(=O)Nc1ccc(OCCC(C)(C)OC)c(Cl)c1. The molecule has 0 aromatic heterocycles. The molecule has 0 heterocycles. The number of rotatable bonds is 12. The summed E-state index contributed by atoms with van der Waals surface area (Å²) in [6.07, 6.45) is 2.24. The van der Waals surface area contributed by atoms with Crippen molar-refractivity contribution in [1.82, 2.24) is 0 Å². The Bertz CT molecular complexity index is 633. The number of nitrogens with one attached hydrogen (secondary N) is 1. The second-order valence-corrected chi connectivity index (χ2v) is 8.75. The van der Waals surface area contributed by atoms with Crippen molar-refractivity contribution in [2.24, 2.45) is 5.92 Å². The minimum absolute atomic E-state index is 0.166. The fraction of sp³-hybridized carbons (Fsp3) is 0.682. The molecule has 0 fully saturated rings. The highest BCUT2D eigenvalue weighted by Gasteiger charge is 2.35. The maximum absolute atomic E-state index is 12.9. The number of carbonyl (C=O) groups excluding carboxylic acids is 1. The zero-order valence-electron chi connectivity index (χ0n) is 18.4. The molecule has 0 aliphatic heterocycles. The number of methoxy groups -OCH3 is 1. The smallest absolute Gasteiger partial charge is 0.256 e. The summed E-state index contributed by atoms with van der Waals surface area (Å²) in [5, 5.41) is 3.38. The van der Waals surface area contributed by atoms with E-state index in [0.717, 1.165) is 12.8 Å². The zero-order valence-corrected chi connectivity index (χ0v) is 19.1. The predicted molar refractivity (Wildman–Crippen MR) is 115 cm³/mol. The summed E-state index contributed by atoms with van der Waals surface area (Å²) in [5.41, 5.74) is -0.508. The zero-order chi connectivity index (χ0) is 21.4. The number of amides is 1. The number of halogens is 1. The Morgan fingerprint density at radius 3 is 2.43 bits per heavy atom. The van der Waals surface area contributed by atoms with Crippen molar-refractivity contribution < 1.29 is 19.0 Å². The van der Waals surface area contributed by atoms with Gasteiger partial charge in [-0.2, -0.15) is 0 Å². The van der Waals surface area contributed by atoms with Crippen LogP contribution in [0.3, 0.4) is 0 Å². The lowest BCUT2D eigenvalue weighted by Crippen LogP contribution is -2.44. The van der Waals surface area contributed by atoms with Crippen LogP contribution >= 0.6 is 11.6 Å². The van der Waals surface area contributed by atoms with Crippen molar-refractivity contribution in [3.63, 3.8) is 0 Å². The van der Waals surface area contributed by atoms with E-state index < -0.39 is 5.60 Å². The molecule has 0 aliphatic carbocycles. The fourth-order valence-corrected chi connectivity index (χ4v) is 3.03. The molecule has 0 unspecified atom stereocenters. The number of carbonyl (C=O) groups is 1. The van der Waals surface area contributed by atoms with Crippen LogP contribution in [0.2, 0.25) is 5.02 Å². The van der Waals surface area contributed by atoms with Crippen LogP contribution in [0.4, 0.5) is 5.69 Å². The van der Waals surface area contributed by atoms with Crippen LogP contribution in [0.15, 0.2) is 18.2 Å². The summed E-state index contributed by atoms with van der Waals surface area (Å²) in [6, 6.07) is 5.26. The Balaban J connectivity index is 2.77. The third kappa shape index (κ3) is 7.98. The minimum Gasteiger partial charge on any atom is -0.492 e. The van der Waals surface area contributed by atoms with Crippen molar-refractivity contribution >= 4 is 23.2 Å². The molecule has 6 heteroatoms. The van der Waals surface area contributed by atoms with Crippen LogP contribution in [0.25, 0.3) is 0 Å². The normalized spacial score (nSPS) is 14.0. The molecule has 0 saturated heterocycles. The van der Waals surface area contributed by atoms with Crippen molar-refractivity contribution in [3.8, 4) is 5.75 Å². The van der Waals surface area contributed by atoms with Gasteiger partial charge in [0.2, 0.25) is 0 Å². The molecule has 1 N–H and O–H groups in total. The van der Waals surface area contributed by atoms with Gasteiger partial charge in [0.25, 0.3) is 5.91 Å². The number of ether oxygens (including phenoxy) is 3. The van der Waals surface area contributed by atoms with Crippen molar-refractivity contribution in [2.75, 3.05) is 25.6 Å². The predicted octanol–water partition coefficient (Wildman–Crippen LogP) is 5.70. The summed E-state index contributed by atoms with van der Waals surface area (Å²) >= 11 is 6.34. The first kappa shape index (κ1) is 24.7. The number of hydrogen-bond acceptors (Lipinski definition) is 4. The maximum atomic E-state index is 12.9. The molecule has 1 aromatic rings. The van der Waals surface area contributed by atoms with Gasteiger partial charge in [-0.25, -0.2) is 0 Å². The highest BCUT2D eigenvalue weighted by molar-refractivity contribution is 6.32. The average molecular weight is 414 g/mol. The highest BCUT2D eigenvalue weighted by atomic mass is 35.5. The molecule has 1 atom stereocenters. The van der Waals surface area contributed by atoms with Crippen LogP contribution in [-0.4, -0.2) is 37.4 Å². The minimum atomic E-state index is -0.877. The van der Waals surface area contributed by atoms with Crippen molar-refractivity contribution in [1.29, 1.82) is 0 Å². The van der Waals surface area contributed by atoms with Crippen LogP contribution in [0.5, 0.6) is 5.75 Å². The molecule has 160 valence electrons. The van der Waals surface area contributed by atoms with E-state index in [4.69, 9.17) is 25.8 Å². The third-order valence-corrected chi connectivity index (χ3v) is 4.90. The van der Waals surface area contributed by atoms with Crippen LogP contribution in [0.1, 0.15) is 60.8 Å². The number of anilines is 1. The molecule has 1 amide bonds. The molecular formula is C22H36ClNO4.